The predicted molar refractivity (Wildman–Crippen MR) is 150 cm³/mol. The Morgan fingerprint density at radius 1 is 0.950 bits per heavy atom. The summed E-state index contributed by atoms with van der Waals surface area (Å²) in [5, 5.41) is 9.66. The molecule has 6 rings (SSSR count). The van der Waals surface area contributed by atoms with E-state index in [-0.39, 0.29) is 12.5 Å². The van der Waals surface area contributed by atoms with Crippen LogP contribution in [0.15, 0.2) is 69.7 Å². The van der Waals surface area contributed by atoms with E-state index in [0.29, 0.717) is 60.5 Å². The van der Waals surface area contributed by atoms with Crippen molar-refractivity contribution in [1.82, 2.24) is 15.3 Å². The second-order valence-electron chi connectivity index (χ2n) is 9.17. The van der Waals surface area contributed by atoms with E-state index in [0.717, 1.165) is 24.2 Å². The molecule has 0 radical (unpaired) electrons. The van der Waals surface area contributed by atoms with Crippen LogP contribution >= 0.6 is 34.8 Å². The average molecular weight is 597 g/mol. The van der Waals surface area contributed by atoms with Crippen LogP contribution in [0.25, 0.3) is 34.1 Å². The molecule has 0 spiro atoms. The Labute approximate surface area is 243 Å². The molecule has 0 unspecified atom stereocenters. The van der Waals surface area contributed by atoms with Gasteiger partial charge in [-0.25, -0.2) is 4.79 Å². The molecule has 5 aromatic rings. The number of esters is 1. The standard InChI is InChI=1S/C29H20Cl3N3O5/c1-37-29(36)17-5-2-4-16(12-17)27-33-28(40-35-27)19-11-10-18(13-23(19)32)38-14-20-25(34-39-26(20)15-8-9-15)24-21(30)6-3-7-22(24)31/h2-7,10-13,15H,8-9,14H2,1H3. The lowest BCUT2D eigenvalue weighted by atomic mass is 10.0. The largest absolute Gasteiger partial charge is 0.489 e. The summed E-state index contributed by atoms with van der Waals surface area (Å²) in [4.78, 5) is 16.3. The summed E-state index contributed by atoms with van der Waals surface area (Å²) < 4.78 is 22.1. The Morgan fingerprint density at radius 3 is 2.45 bits per heavy atom. The van der Waals surface area contributed by atoms with Crippen LogP contribution in [0.4, 0.5) is 0 Å². The molecule has 0 bridgehead atoms. The van der Waals surface area contributed by atoms with E-state index in [1.165, 1.54) is 7.11 Å². The van der Waals surface area contributed by atoms with Crippen molar-refractivity contribution in [2.75, 3.05) is 7.11 Å². The SMILES string of the molecule is COC(=O)c1cccc(-c2noc(-c3ccc(OCc4c(-c5c(Cl)cccc5Cl)noc4C4CC4)cc3Cl)n2)c1. The molecule has 2 aromatic heterocycles. The van der Waals surface area contributed by atoms with Crippen LogP contribution in [-0.4, -0.2) is 28.4 Å². The van der Waals surface area contributed by atoms with Crippen LogP contribution in [0.1, 0.15) is 40.4 Å². The number of rotatable bonds is 8. The summed E-state index contributed by atoms with van der Waals surface area (Å²) in [5.41, 5.74) is 3.48. The number of hydrogen-bond donors (Lipinski definition) is 0. The van der Waals surface area contributed by atoms with Crippen molar-refractivity contribution in [2.45, 2.75) is 25.4 Å². The molecule has 1 aliphatic rings. The molecule has 8 nitrogen and oxygen atoms in total. The van der Waals surface area contributed by atoms with Gasteiger partial charge in [-0.3, -0.25) is 0 Å². The Bertz CT molecular complexity index is 1710. The van der Waals surface area contributed by atoms with Gasteiger partial charge in [0, 0.05) is 17.0 Å². The van der Waals surface area contributed by atoms with Gasteiger partial charge in [0.25, 0.3) is 5.89 Å². The number of carbonyl (C=O) groups is 1. The fourth-order valence-electron chi connectivity index (χ4n) is 4.32. The van der Waals surface area contributed by atoms with Gasteiger partial charge in [-0.1, -0.05) is 63.3 Å². The molecule has 202 valence electrons. The number of halogens is 3. The van der Waals surface area contributed by atoms with Crippen LogP contribution < -0.4 is 4.74 Å². The normalized spacial score (nSPS) is 12.9. The van der Waals surface area contributed by atoms with Gasteiger partial charge in [-0.05, 0) is 55.3 Å². The lowest BCUT2D eigenvalue weighted by Crippen LogP contribution is -2.00. The van der Waals surface area contributed by atoms with Crippen molar-refractivity contribution in [1.29, 1.82) is 0 Å². The zero-order valence-corrected chi connectivity index (χ0v) is 23.3. The molecular weight excluding hydrogens is 577 g/mol. The lowest BCUT2D eigenvalue weighted by molar-refractivity contribution is 0.0600. The first-order chi connectivity index (χ1) is 19.4. The molecular formula is C29H20Cl3N3O5. The molecule has 11 heteroatoms. The first kappa shape index (κ1) is 26.4. The molecule has 2 heterocycles. The van der Waals surface area contributed by atoms with Gasteiger partial charge in [-0.2, -0.15) is 4.98 Å². The van der Waals surface area contributed by atoms with Crippen molar-refractivity contribution < 1.29 is 23.3 Å². The third-order valence-corrected chi connectivity index (χ3v) is 7.43. The maximum absolute atomic E-state index is 11.9. The van der Waals surface area contributed by atoms with Crippen molar-refractivity contribution in [3.8, 4) is 39.8 Å². The highest BCUT2D eigenvalue weighted by Crippen LogP contribution is 2.46. The van der Waals surface area contributed by atoms with Crippen LogP contribution in [0.5, 0.6) is 5.75 Å². The zero-order chi connectivity index (χ0) is 27.8. The van der Waals surface area contributed by atoms with E-state index in [9.17, 15) is 4.79 Å². The highest BCUT2D eigenvalue weighted by atomic mass is 35.5. The number of methoxy groups -OCH3 is 1. The zero-order valence-electron chi connectivity index (χ0n) is 21.0. The summed E-state index contributed by atoms with van der Waals surface area (Å²) in [7, 11) is 1.32. The fourth-order valence-corrected chi connectivity index (χ4v) is 5.14. The third-order valence-electron chi connectivity index (χ3n) is 6.49. The topological polar surface area (TPSA) is 100 Å². The number of hydrogen-bond acceptors (Lipinski definition) is 8. The minimum atomic E-state index is -0.457. The Morgan fingerprint density at radius 2 is 1.73 bits per heavy atom. The van der Waals surface area contributed by atoms with Crippen LogP contribution in [-0.2, 0) is 11.3 Å². The third kappa shape index (κ3) is 5.18. The number of nitrogens with zero attached hydrogens (tertiary/aromatic N) is 3. The van der Waals surface area contributed by atoms with Crippen molar-refractivity contribution in [3.63, 3.8) is 0 Å². The van der Waals surface area contributed by atoms with Gasteiger partial charge >= 0.3 is 5.97 Å². The van der Waals surface area contributed by atoms with E-state index in [1.807, 2.05) is 0 Å². The number of aromatic nitrogens is 3. The fraction of sp³-hybridized carbons (Fsp3) is 0.172. The second kappa shape index (κ2) is 11.0. The Kier molecular flexibility index (Phi) is 7.23. The van der Waals surface area contributed by atoms with Crippen molar-refractivity contribution >= 4 is 40.8 Å². The molecule has 1 saturated carbocycles. The summed E-state index contributed by atoms with van der Waals surface area (Å²) in [5.74, 6) is 1.68. The van der Waals surface area contributed by atoms with Gasteiger partial charge in [0.05, 0.1) is 38.9 Å². The van der Waals surface area contributed by atoms with Gasteiger partial charge in [-0.15, -0.1) is 0 Å². The maximum Gasteiger partial charge on any atom is 0.337 e. The molecule has 0 aliphatic heterocycles. The van der Waals surface area contributed by atoms with Crippen molar-refractivity contribution in [3.05, 3.63) is 92.6 Å². The lowest BCUT2D eigenvalue weighted by Gasteiger charge is -2.10. The monoisotopic (exact) mass is 595 g/mol. The van der Waals surface area contributed by atoms with Crippen LogP contribution in [0.2, 0.25) is 15.1 Å². The molecule has 0 atom stereocenters. The Hall–Kier alpha value is -3.85. The van der Waals surface area contributed by atoms with Gasteiger partial charge < -0.3 is 18.5 Å². The number of ether oxygens (including phenoxy) is 2. The van der Waals surface area contributed by atoms with E-state index in [1.54, 1.807) is 60.7 Å². The van der Waals surface area contributed by atoms with Crippen LogP contribution in [0, 0.1) is 0 Å². The van der Waals surface area contributed by atoms with E-state index >= 15 is 0 Å². The minimum absolute atomic E-state index is 0.184. The molecule has 40 heavy (non-hydrogen) atoms. The first-order valence-electron chi connectivity index (χ1n) is 12.3. The number of carbonyl (C=O) groups excluding carboxylic acids is 1. The molecule has 0 amide bonds. The molecule has 1 fully saturated rings. The van der Waals surface area contributed by atoms with Gasteiger partial charge in [0.2, 0.25) is 5.82 Å². The average Bonchev–Trinajstić information content (AvgIpc) is 3.53. The van der Waals surface area contributed by atoms with E-state index in [4.69, 9.17) is 53.3 Å². The van der Waals surface area contributed by atoms with E-state index < -0.39 is 5.97 Å². The second-order valence-corrected chi connectivity index (χ2v) is 10.4. The molecule has 1 aliphatic carbocycles. The smallest absolute Gasteiger partial charge is 0.337 e. The summed E-state index contributed by atoms with van der Waals surface area (Å²) >= 11 is 19.5. The predicted octanol–water partition coefficient (Wildman–Crippen LogP) is 8.26. The summed E-state index contributed by atoms with van der Waals surface area (Å²) in [6, 6.07) is 17.2. The quantitative estimate of drug-likeness (QED) is 0.165. The molecule has 0 saturated heterocycles. The maximum atomic E-state index is 11.9. The highest BCUT2D eigenvalue weighted by molar-refractivity contribution is 6.39. The number of benzene rings is 3. The van der Waals surface area contributed by atoms with Gasteiger partial charge in [0.1, 0.15) is 23.8 Å². The summed E-state index contributed by atoms with van der Waals surface area (Å²) in [6.07, 6.45) is 2.05. The minimum Gasteiger partial charge on any atom is -0.489 e. The van der Waals surface area contributed by atoms with Crippen molar-refractivity contribution in [2.24, 2.45) is 0 Å². The van der Waals surface area contributed by atoms with Gasteiger partial charge in [0.15, 0.2) is 0 Å². The highest BCUT2D eigenvalue weighted by Gasteiger charge is 2.33. The van der Waals surface area contributed by atoms with Crippen LogP contribution in [0.3, 0.4) is 0 Å². The van der Waals surface area contributed by atoms with E-state index in [2.05, 4.69) is 15.3 Å². The Balaban J connectivity index is 1.23. The molecule has 3 aromatic carbocycles. The summed E-state index contributed by atoms with van der Waals surface area (Å²) in [6.45, 7) is 0.184. The first-order valence-corrected chi connectivity index (χ1v) is 13.4. The molecule has 0 N–H and O–H groups in total.